The molecule has 0 aromatic heterocycles. The van der Waals surface area contributed by atoms with Gasteiger partial charge in [0.05, 0.1) is 6.10 Å². The van der Waals surface area contributed by atoms with Gasteiger partial charge in [-0.1, -0.05) is 27.7 Å². The Balaban J connectivity index is 1.89. The molecule has 1 aliphatic heterocycles. The van der Waals surface area contributed by atoms with E-state index in [-0.39, 0.29) is 6.10 Å². The SMILES string of the molecule is CC(C)C1CCC(O)C(CN2CCCC(C)(C)C2)C1. The molecule has 2 rings (SSSR count). The highest BCUT2D eigenvalue weighted by molar-refractivity contribution is 4.86. The molecular formula is C17H33NO. The molecule has 3 unspecified atom stereocenters. The largest absolute Gasteiger partial charge is 0.393 e. The highest BCUT2D eigenvalue weighted by Gasteiger charge is 2.34. The summed E-state index contributed by atoms with van der Waals surface area (Å²) < 4.78 is 0. The number of nitrogens with zero attached hydrogens (tertiary/aromatic N) is 1. The molecule has 19 heavy (non-hydrogen) atoms. The number of aliphatic hydroxyl groups is 1. The van der Waals surface area contributed by atoms with Crippen LogP contribution in [0.2, 0.25) is 0 Å². The summed E-state index contributed by atoms with van der Waals surface area (Å²) in [6.45, 7) is 13.0. The predicted molar refractivity (Wildman–Crippen MR) is 81.1 cm³/mol. The van der Waals surface area contributed by atoms with Crippen molar-refractivity contribution in [1.82, 2.24) is 4.90 Å². The van der Waals surface area contributed by atoms with Gasteiger partial charge in [-0.2, -0.15) is 0 Å². The number of hydrogen-bond acceptors (Lipinski definition) is 2. The first-order chi connectivity index (χ1) is 8.87. The Hall–Kier alpha value is -0.0800. The van der Waals surface area contributed by atoms with E-state index in [1.54, 1.807) is 0 Å². The first-order valence-corrected chi connectivity index (χ1v) is 8.28. The van der Waals surface area contributed by atoms with Crippen LogP contribution in [0.5, 0.6) is 0 Å². The van der Waals surface area contributed by atoms with Gasteiger partial charge in [-0.15, -0.1) is 0 Å². The van der Waals surface area contributed by atoms with Gasteiger partial charge >= 0.3 is 0 Å². The first kappa shape index (κ1) is 15.3. The van der Waals surface area contributed by atoms with Crippen LogP contribution in [0.25, 0.3) is 0 Å². The highest BCUT2D eigenvalue weighted by Crippen LogP contribution is 2.36. The second-order valence-corrected chi connectivity index (χ2v) is 8.15. The fraction of sp³-hybridized carbons (Fsp3) is 1.00. The molecule has 0 radical (unpaired) electrons. The summed E-state index contributed by atoms with van der Waals surface area (Å²) in [6.07, 6.45) is 6.09. The van der Waals surface area contributed by atoms with E-state index in [0.29, 0.717) is 11.3 Å². The lowest BCUT2D eigenvalue weighted by Crippen LogP contribution is -2.46. The third-order valence-electron chi connectivity index (χ3n) is 5.40. The summed E-state index contributed by atoms with van der Waals surface area (Å²) >= 11 is 0. The smallest absolute Gasteiger partial charge is 0.0580 e. The van der Waals surface area contributed by atoms with Gasteiger partial charge in [-0.3, -0.25) is 0 Å². The van der Waals surface area contributed by atoms with Crippen molar-refractivity contribution >= 4 is 0 Å². The average molecular weight is 267 g/mol. The predicted octanol–water partition coefficient (Wildman–Crippen LogP) is 3.54. The van der Waals surface area contributed by atoms with Crippen LogP contribution >= 0.6 is 0 Å². The van der Waals surface area contributed by atoms with Crippen molar-refractivity contribution in [3.05, 3.63) is 0 Å². The third-order valence-corrected chi connectivity index (χ3v) is 5.40. The first-order valence-electron chi connectivity index (χ1n) is 8.28. The lowest BCUT2D eigenvalue weighted by atomic mass is 9.74. The molecule has 0 spiro atoms. The summed E-state index contributed by atoms with van der Waals surface area (Å²) in [4.78, 5) is 2.61. The Morgan fingerprint density at radius 3 is 2.63 bits per heavy atom. The molecule has 1 saturated heterocycles. The maximum Gasteiger partial charge on any atom is 0.0580 e. The van der Waals surface area contributed by atoms with Crippen LogP contribution in [-0.4, -0.2) is 35.7 Å². The molecule has 2 heteroatoms. The Labute approximate surface area is 119 Å². The standard InChI is InChI=1S/C17H33NO/c1-13(2)14-6-7-16(19)15(10-14)11-18-9-5-8-17(3,4)12-18/h13-16,19H,5-12H2,1-4H3. The van der Waals surface area contributed by atoms with E-state index in [1.807, 2.05) is 0 Å². The molecule has 3 atom stereocenters. The highest BCUT2D eigenvalue weighted by atomic mass is 16.3. The van der Waals surface area contributed by atoms with Crippen molar-refractivity contribution in [2.24, 2.45) is 23.2 Å². The lowest BCUT2D eigenvalue weighted by molar-refractivity contribution is 0.00408. The minimum absolute atomic E-state index is 0.0555. The van der Waals surface area contributed by atoms with Crippen molar-refractivity contribution in [2.45, 2.75) is 65.9 Å². The molecule has 0 amide bonds. The monoisotopic (exact) mass is 267 g/mol. The molecule has 1 N–H and O–H groups in total. The van der Waals surface area contributed by atoms with E-state index in [2.05, 4.69) is 32.6 Å². The van der Waals surface area contributed by atoms with Crippen LogP contribution in [0, 0.1) is 23.2 Å². The maximum absolute atomic E-state index is 10.3. The Kier molecular flexibility index (Phi) is 4.94. The third kappa shape index (κ3) is 4.19. The number of aliphatic hydroxyl groups excluding tert-OH is 1. The van der Waals surface area contributed by atoms with Gasteiger partial charge in [0.15, 0.2) is 0 Å². The molecule has 2 nitrogen and oxygen atoms in total. The van der Waals surface area contributed by atoms with Crippen molar-refractivity contribution in [3.8, 4) is 0 Å². The van der Waals surface area contributed by atoms with Crippen LogP contribution in [-0.2, 0) is 0 Å². The summed E-state index contributed by atoms with van der Waals surface area (Å²) in [5.74, 6) is 2.11. The normalized spacial score (nSPS) is 36.6. The van der Waals surface area contributed by atoms with E-state index in [4.69, 9.17) is 0 Å². The van der Waals surface area contributed by atoms with Gasteiger partial charge < -0.3 is 10.0 Å². The van der Waals surface area contributed by atoms with Gasteiger partial charge in [0, 0.05) is 13.1 Å². The fourth-order valence-corrected chi connectivity index (χ4v) is 4.12. The van der Waals surface area contributed by atoms with Crippen molar-refractivity contribution in [2.75, 3.05) is 19.6 Å². The number of piperidine rings is 1. The number of likely N-dealkylation sites (tertiary alicyclic amines) is 1. The van der Waals surface area contributed by atoms with E-state index in [9.17, 15) is 5.11 Å². The second kappa shape index (κ2) is 6.13. The zero-order chi connectivity index (χ0) is 14.0. The summed E-state index contributed by atoms with van der Waals surface area (Å²) in [6, 6.07) is 0. The minimum atomic E-state index is -0.0555. The Morgan fingerprint density at radius 1 is 1.26 bits per heavy atom. The van der Waals surface area contributed by atoms with Crippen molar-refractivity contribution < 1.29 is 5.11 Å². The number of rotatable bonds is 3. The molecule has 0 aromatic rings. The minimum Gasteiger partial charge on any atom is -0.393 e. The maximum atomic E-state index is 10.3. The van der Waals surface area contributed by atoms with Crippen LogP contribution in [0.1, 0.15) is 59.8 Å². The molecule has 112 valence electrons. The Bertz CT molecular complexity index is 287. The average Bonchev–Trinajstić information content (AvgIpc) is 2.30. The number of hydrogen-bond donors (Lipinski definition) is 1. The van der Waals surface area contributed by atoms with E-state index in [0.717, 1.165) is 24.8 Å². The second-order valence-electron chi connectivity index (χ2n) is 8.15. The fourth-order valence-electron chi connectivity index (χ4n) is 4.12. The molecule has 1 saturated carbocycles. The zero-order valence-corrected chi connectivity index (χ0v) is 13.4. The lowest BCUT2D eigenvalue weighted by Gasteiger charge is -2.42. The molecule has 0 bridgehead atoms. The van der Waals surface area contributed by atoms with E-state index in [1.165, 1.54) is 38.8 Å². The van der Waals surface area contributed by atoms with E-state index < -0.39 is 0 Å². The quantitative estimate of drug-likeness (QED) is 0.845. The molecular weight excluding hydrogens is 234 g/mol. The van der Waals surface area contributed by atoms with Gasteiger partial charge in [0.2, 0.25) is 0 Å². The van der Waals surface area contributed by atoms with Crippen LogP contribution in [0.3, 0.4) is 0 Å². The summed E-state index contributed by atoms with van der Waals surface area (Å²) in [5, 5.41) is 10.3. The van der Waals surface area contributed by atoms with Crippen LogP contribution in [0.15, 0.2) is 0 Å². The van der Waals surface area contributed by atoms with Gasteiger partial charge in [0.1, 0.15) is 0 Å². The zero-order valence-electron chi connectivity index (χ0n) is 13.4. The summed E-state index contributed by atoms with van der Waals surface area (Å²) in [7, 11) is 0. The Morgan fingerprint density at radius 2 is 2.00 bits per heavy atom. The molecule has 2 fully saturated rings. The van der Waals surface area contributed by atoms with Gasteiger partial charge in [0.25, 0.3) is 0 Å². The topological polar surface area (TPSA) is 23.5 Å². The van der Waals surface area contributed by atoms with Gasteiger partial charge in [-0.25, -0.2) is 0 Å². The molecule has 1 heterocycles. The molecule has 1 aliphatic carbocycles. The van der Waals surface area contributed by atoms with E-state index >= 15 is 0 Å². The van der Waals surface area contributed by atoms with Crippen molar-refractivity contribution in [3.63, 3.8) is 0 Å². The van der Waals surface area contributed by atoms with Crippen molar-refractivity contribution in [1.29, 1.82) is 0 Å². The summed E-state index contributed by atoms with van der Waals surface area (Å²) in [5.41, 5.74) is 0.468. The molecule has 0 aromatic carbocycles. The molecule has 2 aliphatic rings. The van der Waals surface area contributed by atoms with Crippen LogP contribution < -0.4 is 0 Å². The van der Waals surface area contributed by atoms with Gasteiger partial charge in [-0.05, 0) is 61.8 Å². The van der Waals surface area contributed by atoms with Crippen LogP contribution in [0.4, 0.5) is 0 Å².